The van der Waals surface area contributed by atoms with E-state index in [1.54, 1.807) is 30.1 Å². The van der Waals surface area contributed by atoms with E-state index in [1.807, 2.05) is 7.05 Å². The number of rotatable bonds is 1. The maximum Gasteiger partial charge on any atom is 0.173 e. The van der Waals surface area contributed by atoms with Gasteiger partial charge in [0.2, 0.25) is 0 Å². The summed E-state index contributed by atoms with van der Waals surface area (Å²) in [4.78, 5) is 1.74. The molecule has 1 rings (SSSR count). The van der Waals surface area contributed by atoms with E-state index < -0.39 is 0 Å². The standard InChI is InChI=1S/C9H10Cl2N2S/c1-12-9(14)13(2)8-6(10)4-3-5-7(8)11/h3-5H,1-2H3,(H,12,14). The van der Waals surface area contributed by atoms with Gasteiger partial charge in [-0.1, -0.05) is 29.3 Å². The maximum absolute atomic E-state index is 6.01. The minimum Gasteiger partial charge on any atom is -0.365 e. The lowest BCUT2D eigenvalue weighted by molar-refractivity contribution is 1.12. The second kappa shape index (κ2) is 4.82. The SMILES string of the molecule is CNC(=S)N(C)c1c(Cl)cccc1Cl. The first-order chi connectivity index (χ1) is 6.57. The fourth-order valence-corrected chi connectivity index (χ4v) is 1.82. The smallest absolute Gasteiger partial charge is 0.173 e. The van der Waals surface area contributed by atoms with Crippen molar-refractivity contribution in [3.63, 3.8) is 0 Å². The van der Waals surface area contributed by atoms with Gasteiger partial charge in [0.15, 0.2) is 5.11 Å². The van der Waals surface area contributed by atoms with Gasteiger partial charge in [-0.05, 0) is 24.4 Å². The topological polar surface area (TPSA) is 15.3 Å². The Balaban J connectivity index is 3.11. The molecule has 76 valence electrons. The lowest BCUT2D eigenvalue weighted by atomic mass is 10.3. The predicted molar refractivity (Wildman–Crippen MR) is 66.5 cm³/mol. The fourth-order valence-electron chi connectivity index (χ4n) is 1.08. The predicted octanol–water partition coefficient (Wildman–Crippen LogP) is 2.93. The highest BCUT2D eigenvalue weighted by atomic mass is 35.5. The minimum absolute atomic E-state index is 0.569. The molecule has 0 unspecified atom stereocenters. The average Bonchev–Trinajstić information content (AvgIpc) is 2.16. The molecule has 0 saturated heterocycles. The zero-order valence-corrected chi connectivity index (χ0v) is 10.2. The summed E-state index contributed by atoms with van der Waals surface area (Å²) in [6.45, 7) is 0. The number of halogens is 2. The van der Waals surface area contributed by atoms with Gasteiger partial charge < -0.3 is 10.2 Å². The number of para-hydroxylation sites is 1. The van der Waals surface area contributed by atoms with Crippen LogP contribution in [0.3, 0.4) is 0 Å². The molecule has 0 aliphatic rings. The van der Waals surface area contributed by atoms with Crippen molar-refractivity contribution in [2.75, 3.05) is 19.0 Å². The third-order valence-corrected chi connectivity index (χ3v) is 2.88. The first-order valence-electron chi connectivity index (χ1n) is 3.97. The Morgan fingerprint density at radius 1 is 1.36 bits per heavy atom. The van der Waals surface area contributed by atoms with Crippen LogP contribution in [0.25, 0.3) is 0 Å². The van der Waals surface area contributed by atoms with Crippen LogP contribution in [0.4, 0.5) is 5.69 Å². The Labute approximate surface area is 98.8 Å². The molecule has 0 fully saturated rings. The zero-order valence-electron chi connectivity index (χ0n) is 7.84. The first-order valence-corrected chi connectivity index (χ1v) is 5.13. The zero-order chi connectivity index (χ0) is 10.7. The first kappa shape index (κ1) is 11.6. The number of hydrogen-bond donors (Lipinski definition) is 1. The van der Waals surface area contributed by atoms with Crippen LogP contribution < -0.4 is 10.2 Å². The highest BCUT2D eigenvalue weighted by molar-refractivity contribution is 7.80. The summed E-state index contributed by atoms with van der Waals surface area (Å²) in [7, 11) is 3.56. The van der Waals surface area contributed by atoms with E-state index in [-0.39, 0.29) is 0 Å². The molecule has 14 heavy (non-hydrogen) atoms. The van der Waals surface area contributed by atoms with Crippen LogP contribution in [0.2, 0.25) is 10.0 Å². The Kier molecular flexibility index (Phi) is 3.98. The largest absolute Gasteiger partial charge is 0.365 e. The van der Waals surface area contributed by atoms with Gasteiger partial charge in [-0.2, -0.15) is 0 Å². The van der Waals surface area contributed by atoms with E-state index in [9.17, 15) is 0 Å². The second-order valence-electron chi connectivity index (χ2n) is 2.68. The highest BCUT2D eigenvalue weighted by Gasteiger charge is 2.12. The molecule has 1 aromatic carbocycles. The molecule has 1 aromatic rings. The van der Waals surface area contributed by atoms with Gasteiger partial charge >= 0.3 is 0 Å². The van der Waals surface area contributed by atoms with E-state index in [0.717, 1.165) is 5.69 Å². The monoisotopic (exact) mass is 248 g/mol. The summed E-state index contributed by atoms with van der Waals surface area (Å²) in [5.74, 6) is 0. The quantitative estimate of drug-likeness (QED) is 0.770. The van der Waals surface area contributed by atoms with E-state index >= 15 is 0 Å². The molecule has 0 aliphatic carbocycles. The second-order valence-corrected chi connectivity index (χ2v) is 3.89. The normalized spacial score (nSPS) is 9.71. The fraction of sp³-hybridized carbons (Fsp3) is 0.222. The highest BCUT2D eigenvalue weighted by Crippen LogP contribution is 2.32. The van der Waals surface area contributed by atoms with Crippen molar-refractivity contribution in [1.82, 2.24) is 5.32 Å². The Morgan fingerprint density at radius 3 is 2.29 bits per heavy atom. The molecule has 0 bridgehead atoms. The van der Waals surface area contributed by atoms with Crippen molar-refractivity contribution in [1.29, 1.82) is 0 Å². The van der Waals surface area contributed by atoms with E-state index in [4.69, 9.17) is 35.4 Å². The summed E-state index contributed by atoms with van der Waals surface area (Å²) in [5, 5.41) is 4.59. The molecule has 1 N–H and O–H groups in total. The van der Waals surface area contributed by atoms with Gasteiger partial charge in [-0.3, -0.25) is 0 Å². The lowest BCUT2D eigenvalue weighted by Gasteiger charge is -2.21. The summed E-state index contributed by atoms with van der Waals surface area (Å²) < 4.78 is 0. The number of nitrogens with zero attached hydrogens (tertiary/aromatic N) is 1. The Bertz CT molecular complexity index is 334. The van der Waals surface area contributed by atoms with Crippen molar-refractivity contribution >= 4 is 46.2 Å². The number of nitrogens with one attached hydrogen (secondary N) is 1. The third kappa shape index (κ3) is 2.29. The molecule has 5 heteroatoms. The van der Waals surface area contributed by atoms with Crippen LogP contribution in [0.15, 0.2) is 18.2 Å². The van der Waals surface area contributed by atoms with Crippen molar-refractivity contribution < 1.29 is 0 Å². The van der Waals surface area contributed by atoms with Crippen LogP contribution in [0.5, 0.6) is 0 Å². The molecule has 0 radical (unpaired) electrons. The van der Waals surface area contributed by atoms with E-state index in [1.165, 1.54) is 0 Å². The summed E-state index contributed by atoms with van der Waals surface area (Å²) >= 11 is 17.1. The van der Waals surface area contributed by atoms with Crippen molar-refractivity contribution in [2.24, 2.45) is 0 Å². The third-order valence-electron chi connectivity index (χ3n) is 1.79. The van der Waals surface area contributed by atoms with Gasteiger partial charge in [0.05, 0.1) is 15.7 Å². The minimum atomic E-state index is 0.569. The van der Waals surface area contributed by atoms with Gasteiger partial charge in [0, 0.05) is 14.1 Å². The molecule has 2 nitrogen and oxygen atoms in total. The van der Waals surface area contributed by atoms with Crippen molar-refractivity contribution in [3.8, 4) is 0 Å². The Morgan fingerprint density at radius 2 is 1.86 bits per heavy atom. The molecular formula is C9H10Cl2N2S. The molecule has 0 heterocycles. The van der Waals surface area contributed by atoms with Crippen LogP contribution in [0, 0.1) is 0 Å². The summed E-state index contributed by atoms with van der Waals surface area (Å²) in [6, 6.07) is 5.35. The number of hydrogen-bond acceptors (Lipinski definition) is 1. The molecule has 0 aliphatic heterocycles. The van der Waals surface area contributed by atoms with Gasteiger partial charge in [-0.25, -0.2) is 0 Å². The van der Waals surface area contributed by atoms with Crippen LogP contribution in [-0.4, -0.2) is 19.2 Å². The average molecular weight is 249 g/mol. The van der Waals surface area contributed by atoms with Crippen LogP contribution >= 0.6 is 35.4 Å². The lowest BCUT2D eigenvalue weighted by Crippen LogP contribution is -2.34. The number of benzene rings is 1. The summed E-state index contributed by atoms with van der Waals surface area (Å²) in [5.41, 5.74) is 0.718. The van der Waals surface area contributed by atoms with Crippen LogP contribution in [-0.2, 0) is 0 Å². The van der Waals surface area contributed by atoms with Crippen LogP contribution in [0.1, 0.15) is 0 Å². The van der Waals surface area contributed by atoms with Gasteiger partial charge in [-0.15, -0.1) is 0 Å². The summed E-state index contributed by atoms with van der Waals surface area (Å²) in [6.07, 6.45) is 0. The molecule has 0 spiro atoms. The van der Waals surface area contributed by atoms with Gasteiger partial charge in [0.1, 0.15) is 0 Å². The van der Waals surface area contributed by atoms with Gasteiger partial charge in [0.25, 0.3) is 0 Å². The number of anilines is 1. The maximum atomic E-state index is 6.01. The Hall–Kier alpha value is -0.510. The van der Waals surface area contributed by atoms with Crippen molar-refractivity contribution in [3.05, 3.63) is 28.2 Å². The molecule has 0 aromatic heterocycles. The van der Waals surface area contributed by atoms with E-state index in [2.05, 4.69) is 5.32 Å². The molecule has 0 amide bonds. The van der Waals surface area contributed by atoms with E-state index in [0.29, 0.717) is 15.2 Å². The molecular weight excluding hydrogens is 239 g/mol. The molecule has 0 atom stereocenters. The van der Waals surface area contributed by atoms with Crippen molar-refractivity contribution in [2.45, 2.75) is 0 Å². The number of thiocarbonyl (C=S) groups is 1. The molecule has 0 saturated carbocycles.